The maximum absolute atomic E-state index is 15.0. The van der Waals surface area contributed by atoms with Gasteiger partial charge in [-0.15, -0.1) is 11.8 Å². The van der Waals surface area contributed by atoms with E-state index in [4.69, 9.17) is 0 Å². The zero-order valence-electron chi connectivity index (χ0n) is 13.7. The predicted octanol–water partition coefficient (Wildman–Crippen LogP) is 3.42. The molecule has 0 spiro atoms. The molecule has 3 aliphatic rings. The number of benzene rings is 1. The monoisotopic (exact) mass is 331 g/mol. The largest absolute Gasteiger partial charge is 0.366 e. The van der Waals surface area contributed by atoms with Gasteiger partial charge in [-0.1, -0.05) is 6.58 Å². The second-order valence-corrected chi connectivity index (χ2v) is 7.66. The third-order valence-electron chi connectivity index (χ3n) is 5.02. The molecule has 0 aromatic heterocycles. The molecule has 3 aliphatic heterocycles. The Balaban J connectivity index is 1.85. The Morgan fingerprint density at radius 2 is 1.87 bits per heavy atom. The topological polar surface area (TPSA) is 9.72 Å². The van der Waals surface area contributed by atoms with Crippen molar-refractivity contribution in [2.45, 2.75) is 11.8 Å². The maximum Gasteiger partial charge on any atom is 0.148 e. The Kier molecular flexibility index (Phi) is 3.65. The predicted molar refractivity (Wildman–Crippen MR) is 97.0 cm³/mol. The molecule has 1 fully saturated rings. The van der Waals surface area contributed by atoms with Crippen LogP contribution in [0.5, 0.6) is 0 Å². The first-order chi connectivity index (χ1) is 11.1. The van der Waals surface area contributed by atoms with Gasteiger partial charge in [0.15, 0.2) is 0 Å². The number of thioether (sulfide) groups is 1. The quantitative estimate of drug-likeness (QED) is 0.780. The van der Waals surface area contributed by atoms with E-state index in [2.05, 4.69) is 41.5 Å². The third-order valence-corrected chi connectivity index (χ3v) is 6.08. The molecule has 0 N–H and O–H groups in total. The molecule has 0 aliphatic carbocycles. The molecule has 0 unspecified atom stereocenters. The van der Waals surface area contributed by atoms with Gasteiger partial charge in [0.25, 0.3) is 0 Å². The molecule has 1 saturated heterocycles. The molecule has 1 aromatic carbocycles. The van der Waals surface area contributed by atoms with E-state index in [1.54, 1.807) is 17.8 Å². The fourth-order valence-corrected chi connectivity index (χ4v) is 4.81. The van der Waals surface area contributed by atoms with E-state index in [0.29, 0.717) is 0 Å². The Morgan fingerprint density at radius 3 is 2.61 bits per heavy atom. The second kappa shape index (κ2) is 5.56. The number of piperazine rings is 1. The number of anilines is 2. The van der Waals surface area contributed by atoms with E-state index in [-0.39, 0.29) is 5.82 Å². The molecular formula is C18H22FN3S. The first-order valence-electron chi connectivity index (χ1n) is 8.14. The van der Waals surface area contributed by atoms with Gasteiger partial charge in [-0.3, -0.25) is 0 Å². The summed E-state index contributed by atoms with van der Waals surface area (Å²) in [6.07, 6.45) is 2.17. The van der Waals surface area contributed by atoms with Crippen molar-refractivity contribution < 1.29 is 4.39 Å². The molecule has 4 rings (SSSR count). The molecule has 1 aromatic rings. The van der Waals surface area contributed by atoms with Gasteiger partial charge in [-0.2, -0.15) is 0 Å². The molecule has 122 valence electrons. The molecule has 0 saturated carbocycles. The Hall–Kier alpha value is -1.46. The van der Waals surface area contributed by atoms with Crippen LogP contribution in [0.4, 0.5) is 15.8 Å². The van der Waals surface area contributed by atoms with Crippen LogP contribution in [0.2, 0.25) is 0 Å². The molecule has 5 heteroatoms. The summed E-state index contributed by atoms with van der Waals surface area (Å²) in [5, 5.41) is 0. The number of allylic oxidation sites excluding steroid dienone is 2. The van der Waals surface area contributed by atoms with Crippen molar-refractivity contribution >= 4 is 28.7 Å². The summed E-state index contributed by atoms with van der Waals surface area (Å²) < 4.78 is 15.0. The van der Waals surface area contributed by atoms with Crippen LogP contribution in [0.3, 0.4) is 0 Å². The van der Waals surface area contributed by atoms with Crippen LogP contribution in [0.15, 0.2) is 29.3 Å². The average Bonchev–Trinajstić information content (AvgIpc) is 2.54. The van der Waals surface area contributed by atoms with Crippen LogP contribution >= 0.6 is 11.8 Å². The standard InChI is InChI=1S/C18H22FN3S/c1-12-11-22-8-9-23-18-16(22)14(13(12)2)10-15(19)17(18)21-6-4-20(3)5-7-21/h10-11H,2,4-9H2,1,3H3. The molecule has 0 bridgehead atoms. The van der Waals surface area contributed by atoms with E-state index in [0.717, 1.165) is 71.5 Å². The SMILES string of the molecule is C=C1C(C)=CN2CCSc3c2c1cc(F)c3N1CCN(C)CC1. The highest BCUT2D eigenvalue weighted by Crippen LogP contribution is 2.50. The van der Waals surface area contributed by atoms with Crippen molar-refractivity contribution in [1.82, 2.24) is 4.90 Å². The lowest BCUT2D eigenvalue weighted by Gasteiger charge is -2.40. The smallest absolute Gasteiger partial charge is 0.148 e. The van der Waals surface area contributed by atoms with Gasteiger partial charge in [-0.05, 0) is 31.2 Å². The molecule has 0 atom stereocenters. The van der Waals surface area contributed by atoms with Crippen LogP contribution in [0, 0.1) is 5.82 Å². The molecule has 0 radical (unpaired) electrons. The molecule has 3 nitrogen and oxygen atoms in total. The number of likely N-dealkylation sites (N-methyl/N-ethyl adjacent to an activating group) is 1. The van der Waals surface area contributed by atoms with Gasteiger partial charge < -0.3 is 14.7 Å². The minimum absolute atomic E-state index is 0.103. The Bertz CT molecular complexity index is 705. The van der Waals surface area contributed by atoms with Crippen molar-refractivity contribution in [1.29, 1.82) is 0 Å². The van der Waals surface area contributed by atoms with Gasteiger partial charge in [0.1, 0.15) is 5.82 Å². The van der Waals surface area contributed by atoms with Crippen molar-refractivity contribution in [3.63, 3.8) is 0 Å². The van der Waals surface area contributed by atoms with Gasteiger partial charge in [0.05, 0.1) is 16.3 Å². The summed E-state index contributed by atoms with van der Waals surface area (Å²) in [6.45, 7) is 10.9. The number of rotatable bonds is 1. The highest BCUT2D eigenvalue weighted by atomic mass is 32.2. The summed E-state index contributed by atoms with van der Waals surface area (Å²) in [5.74, 6) is 0.890. The first-order valence-corrected chi connectivity index (χ1v) is 9.12. The fraction of sp³-hybridized carbons (Fsp3) is 0.444. The molecular weight excluding hydrogens is 309 g/mol. The summed E-state index contributed by atoms with van der Waals surface area (Å²) in [4.78, 5) is 7.89. The van der Waals surface area contributed by atoms with E-state index < -0.39 is 0 Å². The average molecular weight is 331 g/mol. The molecule has 23 heavy (non-hydrogen) atoms. The van der Waals surface area contributed by atoms with Gasteiger partial charge >= 0.3 is 0 Å². The highest BCUT2D eigenvalue weighted by Gasteiger charge is 2.32. The summed E-state index contributed by atoms with van der Waals surface area (Å²) in [6, 6.07) is 1.70. The van der Waals surface area contributed by atoms with E-state index in [1.807, 2.05) is 0 Å². The van der Waals surface area contributed by atoms with Crippen LogP contribution in [0.1, 0.15) is 12.5 Å². The zero-order chi connectivity index (χ0) is 16.1. The number of hydrogen-bond acceptors (Lipinski definition) is 4. The van der Waals surface area contributed by atoms with Crippen LogP contribution in [-0.4, -0.2) is 50.4 Å². The Morgan fingerprint density at radius 1 is 1.13 bits per heavy atom. The first kappa shape index (κ1) is 15.1. The minimum Gasteiger partial charge on any atom is -0.366 e. The van der Waals surface area contributed by atoms with Gasteiger partial charge in [0, 0.05) is 50.2 Å². The summed E-state index contributed by atoms with van der Waals surface area (Å²) in [5.41, 5.74) is 4.99. The van der Waals surface area contributed by atoms with Crippen molar-refractivity contribution in [3.05, 3.63) is 35.8 Å². The number of hydrogen-bond donors (Lipinski definition) is 0. The maximum atomic E-state index is 15.0. The molecule has 0 amide bonds. The van der Waals surface area contributed by atoms with Crippen molar-refractivity contribution in [3.8, 4) is 0 Å². The van der Waals surface area contributed by atoms with E-state index >= 15 is 4.39 Å². The highest BCUT2D eigenvalue weighted by molar-refractivity contribution is 7.99. The second-order valence-electron chi connectivity index (χ2n) is 6.56. The van der Waals surface area contributed by atoms with Crippen LogP contribution < -0.4 is 9.80 Å². The van der Waals surface area contributed by atoms with Gasteiger partial charge in [0.2, 0.25) is 0 Å². The summed E-state index contributed by atoms with van der Waals surface area (Å²) >= 11 is 1.79. The van der Waals surface area contributed by atoms with E-state index in [9.17, 15) is 0 Å². The minimum atomic E-state index is -0.103. The fourth-order valence-electron chi connectivity index (χ4n) is 3.59. The van der Waals surface area contributed by atoms with Crippen molar-refractivity contribution in [2.24, 2.45) is 0 Å². The van der Waals surface area contributed by atoms with Crippen LogP contribution in [0.25, 0.3) is 5.57 Å². The van der Waals surface area contributed by atoms with Crippen molar-refractivity contribution in [2.75, 3.05) is 55.3 Å². The molecule has 3 heterocycles. The zero-order valence-corrected chi connectivity index (χ0v) is 14.5. The third kappa shape index (κ3) is 2.37. The van der Waals surface area contributed by atoms with Gasteiger partial charge in [-0.25, -0.2) is 4.39 Å². The lowest BCUT2D eigenvalue weighted by atomic mass is 9.94. The summed E-state index contributed by atoms with van der Waals surface area (Å²) in [7, 11) is 2.12. The normalized spacial score (nSPS) is 21.3. The Labute approximate surface area is 141 Å². The lowest BCUT2D eigenvalue weighted by Crippen LogP contribution is -2.45. The number of nitrogens with zero attached hydrogens (tertiary/aromatic N) is 3. The lowest BCUT2D eigenvalue weighted by molar-refractivity contribution is 0.311. The number of halogens is 1. The van der Waals surface area contributed by atoms with Crippen LogP contribution in [-0.2, 0) is 0 Å². The van der Waals surface area contributed by atoms with E-state index in [1.165, 1.54) is 0 Å².